The van der Waals surface area contributed by atoms with E-state index < -0.39 is 0 Å². The third-order valence-corrected chi connectivity index (χ3v) is 2.85. The second-order valence-corrected chi connectivity index (χ2v) is 4.39. The summed E-state index contributed by atoms with van der Waals surface area (Å²) in [5, 5.41) is 6.15. The first-order valence-electron chi connectivity index (χ1n) is 6.63. The molecule has 0 saturated carbocycles. The van der Waals surface area contributed by atoms with Crippen molar-refractivity contribution < 1.29 is 14.3 Å². The van der Waals surface area contributed by atoms with E-state index in [-0.39, 0.29) is 12.5 Å². The maximum atomic E-state index is 11.2. The molecular formula is C14H20N2O3. The summed E-state index contributed by atoms with van der Waals surface area (Å²) in [4.78, 5) is 11.2. The van der Waals surface area contributed by atoms with Crippen LogP contribution in [0, 0.1) is 0 Å². The van der Waals surface area contributed by atoms with Gasteiger partial charge < -0.3 is 20.1 Å². The van der Waals surface area contributed by atoms with E-state index in [1.807, 2.05) is 25.1 Å². The monoisotopic (exact) mass is 264 g/mol. The molecule has 2 rings (SSSR count). The second-order valence-electron chi connectivity index (χ2n) is 4.39. The molecule has 0 radical (unpaired) electrons. The largest absolute Gasteiger partial charge is 0.482 e. The molecule has 1 aromatic rings. The number of ether oxygens (including phenoxy) is 2. The van der Waals surface area contributed by atoms with Crippen LogP contribution in [-0.2, 0) is 16.1 Å². The molecule has 104 valence electrons. The molecule has 0 atom stereocenters. The Hall–Kier alpha value is -1.59. The van der Waals surface area contributed by atoms with E-state index in [0.29, 0.717) is 0 Å². The zero-order valence-corrected chi connectivity index (χ0v) is 11.2. The van der Waals surface area contributed by atoms with Gasteiger partial charge in [-0.15, -0.1) is 0 Å². The number of benzene rings is 1. The molecule has 1 amide bonds. The number of carbonyl (C=O) groups is 1. The van der Waals surface area contributed by atoms with Gasteiger partial charge in [0.1, 0.15) is 5.75 Å². The van der Waals surface area contributed by atoms with E-state index in [4.69, 9.17) is 9.47 Å². The quantitative estimate of drug-likeness (QED) is 0.733. The molecule has 0 aromatic heterocycles. The molecule has 0 aliphatic carbocycles. The number of fused-ring (bicyclic) bond motifs is 1. The Labute approximate surface area is 113 Å². The van der Waals surface area contributed by atoms with Gasteiger partial charge in [0.05, 0.1) is 5.69 Å². The van der Waals surface area contributed by atoms with Crippen molar-refractivity contribution in [3.63, 3.8) is 0 Å². The topological polar surface area (TPSA) is 59.6 Å². The molecule has 0 bridgehead atoms. The van der Waals surface area contributed by atoms with Crippen LogP contribution >= 0.6 is 0 Å². The summed E-state index contributed by atoms with van der Waals surface area (Å²) in [6, 6.07) is 5.85. The summed E-state index contributed by atoms with van der Waals surface area (Å²) in [5.74, 6) is 0.633. The van der Waals surface area contributed by atoms with Gasteiger partial charge in [-0.1, -0.05) is 6.07 Å². The standard InChI is InChI=1S/C14H20N2O3/c1-2-18-7-3-6-15-9-11-4-5-13-12(8-11)16-14(17)10-19-13/h4-5,8,15H,2-3,6-7,9-10H2,1H3,(H,16,17). The Morgan fingerprint density at radius 3 is 3.21 bits per heavy atom. The highest BCUT2D eigenvalue weighted by Gasteiger charge is 2.15. The Morgan fingerprint density at radius 2 is 2.37 bits per heavy atom. The summed E-state index contributed by atoms with van der Waals surface area (Å²) in [5.41, 5.74) is 1.88. The van der Waals surface area contributed by atoms with Crippen LogP contribution in [0.3, 0.4) is 0 Å². The van der Waals surface area contributed by atoms with Gasteiger partial charge in [-0.3, -0.25) is 4.79 Å². The van der Waals surface area contributed by atoms with Crippen molar-refractivity contribution in [1.29, 1.82) is 0 Å². The highest BCUT2D eigenvalue weighted by molar-refractivity contribution is 5.95. The minimum atomic E-state index is -0.102. The minimum Gasteiger partial charge on any atom is -0.482 e. The third-order valence-electron chi connectivity index (χ3n) is 2.85. The van der Waals surface area contributed by atoms with Crippen molar-refractivity contribution in [3.8, 4) is 5.75 Å². The summed E-state index contributed by atoms with van der Waals surface area (Å²) < 4.78 is 10.6. The number of hydrogen-bond donors (Lipinski definition) is 2. The van der Waals surface area contributed by atoms with Crippen LogP contribution in [0.25, 0.3) is 0 Å². The van der Waals surface area contributed by atoms with Gasteiger partial charge in [0.15, 0.2) is 6.61 Å². The smallest absolute Gasteiger partial charge is 0.262 e. The molecule has 0 saturated heterocycles. The van der Waals surface area contributed by atoms with Gasteiger partial charge in [0.25, 0.3) is 5.91 Å². The Kier molecular flexibility index (Phi) is 5.18. The lowest BCUT2D eigenvalue weighted by molar-refractivity contribution is -0.118. The Morgan fingerprint density at radius 1 is 1.47 bits per heavy atom. The van der Waals surface area contributed by atoms with Crippen LogP contribution in [0.5, 0.6) is 5.75 Å². The van der Waals surface area contributed by atoms with Gasteiger partial charge >= 0.3 is 0 Å². The van der Waals surface area contributed by atoms with Crippen molar-refractivity contribution >= 4 is 11.6 Å². The number of nitrogens with one attached hydrogen (secondary N) is 2. The second kappa shape index (κ2) is 7.11. The predicted octanol–water partition coefficient (Wildman–Crippen LogP) is 1.53. The van der Waals surface area contributed by atoms with E-state index in [9.17, 15) is 4.79 Å². The van der Waals surface area contributed by atoms with E-state index in [2.05, 4.69) is 10.6 Å². The molecule has 5 nitrogen and oxygen atoms in total. The van der Waals surface area contributed by atoms with Crippen molar-refractivity contribution in [3.05, 3.63) is 23.8 Å². The van der Waals surface area contributed by atoms with Gasteiger partial charge in [-0.25, -0.2) is 0 Å². The molecule has 0 spiro atoms. The Bertz CT molecular complexity index is 435. The fraction of sp³-hybridized carbons (Fsp3) is 0.500. The first-order chi connectivity index (χ1) is 9.29. The van der Waals surface area contributed by atoms with Crippen molar-refractivity contribution in [2.45, 2.75) is 19.9 Å². The fourth-order valence-electron chi connectivity index (χ4n) is 1.92. The van der Waals surface area contributed by atoms with E-state index in [1.54, 1.807) is 0 Å². The van der Waals surface area contributed by atoms with E-state index in [1.165, 1.54) is 0 Å². The summed E-state index contributed by atoms with van der Waals surface area (Å²) in [6.07, 6.45) is 0.999. The Balaban J connectivity index is 1.78. The van der Waals surface area contributed by atoms with Crippen molar-refractivity contribution in [2.75, 3.05) is 31.7 Å². The molecule has 1 heterocycles. The van der Waals surface area contributed by atoms with Crippen LogP contribution in [0.4, 0.5) is 5.69 Å². The summed E-state index contributed by atoms with van der Waals surface area (Å²) in [7, 11) is 0. The molecule has 2 N–H and O–H groups in total. The van der Waals surface area contributed by atoms with Crippen LogP contribution in [0.1, 0.15) is 18.9 Å². The van der Waals surface area contributed by atoms with Crippen LogP contribution in [-0.4, -0.2) is 32.3 Å². The molecule has 0 unspecified atom stereocenters. The predicted molar refractivity (Wildman–Crippen MR) is 73.4 cm³/mol. The van der Waals surface area contributed by atoms with Gasteiger partial charge in [0, 0.05) is 19.8 Å². The lowest BCUT2D eigenvalue weighted by atomic mass is 10.1. The third kappa shape index (κ3) is 4.22. The molecule has 1 aromatic carbocycles. The fourth-order valence-corrected chi connectivity index (χ4v) is 1.92. The average Bonchev–Trinajstić information content (AvgIpc) is 2.42. The van der Waals surface area contributed by atoms with Gasteiger partial charge in [0.2, 0.25) is 0 Å². The van der Waals surface area contributed by atoms with E-state index >= 15 is 0 Å². The SMILES string of the molecule is CCOCCCNCc1ccc2c(c1)NC(=O)CO2. The lowest BCUT2D eigenvalue weighted by Crippen LogP contribution is -2.25. The first-order valence-corrected chi connectivity index (χ1v) is 6.63. The molecule has 1 aliphatic heterocycles. The van der Waals surface area contributed by atoms with Gasteiger partial charge in [-0.2, -0.15) is 0 Å². The van der Waals surface area contributed by atoms with Crippen molar-refractivity contribution in [1.82, 2.24) is 5.32 Å². The normalized spacial score (nSPS) is 13.6. The molecular weight excluding hydrogens is 244 g/mol. The first kappa shape index (κ1) is 13.8. The highest BCUT2D eigenvalue weighted by atomic mass is 16.5. The van der Waals surface area contributed by atoms with Crippen molar-refractivity contribution in [2.24, 2.45) is 0 Å². The average molecular weight is 264 g/mol. The number of hydrogen-bond acceptors (Lipinski definition) is 4. The molecule has 5 heteroatoms. The van der Waals surface area contributed by atoms with Crippen LogP contribution in [0.2, 0.25) is 0 Å². The van der Waals surface area contributed by atoms with Crippen LogP contribution in [0.15, 0.2) is 18.2 Å². The molecule has 1 aliphatic rings. The molecule has 19 heavy (non-hydrogen) atoms. The zero-order valence-electron chi connectivity index (χ0n) is 11.2. The number of rotatable bonds is 7. The maximum Gasteiger partial charge on any atom is 0.262 e. The maximum absolute atomic E-state index is 11.2. The number of carbonyl (C=O) groups excluding carboxylic acids is 1. The van der Waals surface area contributed by atoms with Gasteiger partial charge in [-0.05, 0) is 37.6 Å². The minimum absolute atomic E-state index is 0.0992. The highest BCUT2D eigenvalue weighted by Crippen LogP contribution is 2.28. The van der Waals surface area contributed by atoms with Crippen LogP contribution < -0.4 is 15.4 Å². The summed E-state index contributed by atoms with van der Waals surface area (Å²) >= 11 is 0. The molecule has 0 fully saturated rings. The lowest BCUT2D eigenvalue weighted by Gasteiger charge is -2.18. The zero-order chi connectivity index (χ0) is 13.5. The summed E-state index contributed by atoms with van der Waals surface area (Å²) in [6.45, 7) is 5.34. The van der Waals surface area contributed by atoms with E-state index in [0.717, 1.165) is 49.7 Å². The number of amides is 1. The number of anilines is 1.